The van der Waals surface area contributed by atoms with E-state index in [0.717, 1.165) is 6.07 Å². The molecule has 8 heteroatoms. The van der Waals surface area contributed by atoms with E-state index < -0.39 is 24.5 Å². The normalized spacial score (nSPS) is 11.1. The van der Waals surface area contributed by atoms with Crippen LogP contribution < -0.4 is 5.32 Å². The lowest BCUT2D eigenvalue weighted by Crippen LogP contribution is -2.22. The molecule has 4 nitrogen and oxygen atoms in total. The average molecular weight is 282 g/mol. The van der Waals surface area contributed by atoms with Gasteiger partial charge >= 0.3 is 12.1 Å². The first kappa shape index (κ1) is 14.3. The minimum Gasteiger partial charge on any atom is -0.478 e. The van der Waals surface area contributed by atoms with Crippen molar-refractivity contribution in [2.75, 3.05) is 5.32 Å². The molecule has 1 aromatic carbocycles. The minimum atomic E-state index is -4.67. The van der Waals surface area contributed by atoms with Crippen molar-refractivity contribution in [3.8, 4) is 0 Å². The molecule has 18 heavy (non-hydrogen) atoms. The molecule has 0 radical (unpaired) electrons. The number of hydrogen-bond acceptors (Lipinski definition) is 2. The summed E-state index contributed by atoms with van der Waals surface area (Å²) in [5.41, 5.74) is -0.723. The zero-order chi connectivity index (χ0) is 13.9. The first-order valence-electron chi connectivity index (χ1n) is 4.59. The van der Waals surface area contributed by atoms with Crippen LogP contribution in [0.3, 0.4) is 0 Å². The van der Waals surface area contributed by atoms with Gasteiger partial charge in [-0.1, -0.05) is 17.7 Å². The van der Waals surface area contributed by atoms with Crippen LogP contribution in [0.4, 0.5) is 18.9 Å². The molecule has 0 saturated heterocycles. The van der Waals surface area contributed by atoms with Crippen LogP contribution >= 0.6 is 11.6 Å². The molecule has 0 atom stereocenters. The minimum absolute atomic E-state index is 0.148. The molecule has 0 aliphatic rings. The fraction of sp³-hybridized carbons (Fsp3) is 0.200. The van der Waals surface area contributed by atoms with Gasteiger partial charge in [-0.2, -0.15) is 13.2 Å². The van der Waals surface area contributed by atoms with Gasteiger partial charge < -0.3 is 10.4 Å². The van der Waals surface area contributed by atoms with Crippen molar-refractivity contribution in [1.29, 1.82) is 0 Å². The number of carboxylic acid groups (broad SMARTS) is 1. The van der Waals surface area contributed by atoms with Crippen LogP contribution in [0, 0.1) is 0 Å². The van der Waals surface area contributed by atoms with Crippen LogP contribution in [0.25, 0.3) is 0 Å². The highest BCUT2D eigenvalue weighted by atomic mass is 35.5. The standard InChI is InChI=1S/C10H7ClF3NO3/c11-6-3-1-2-5(9(17)18)8(6)15-7(16)4-10(12,13)14/h1-3H,4H2,(H,15,16)(H,17,18). The van der Waals surface area contributed by atoms with E-state index in [1.54, 1.807) is 0 Å². The largest absolute Gasteiger partial charge is 0.478 e. The van der Waals surface area contributed by atoms with Crippen molar-refractivity contribution in [2.24, 2.45) is 0 Å². The Labute approximate surface area is 104 Å². The molecule has 1 aromatic rings. The van der Waals surface area contributed by atoms with E-state index in [4.69, 9.17) is 16.7 Å². The summed E-state index contributed by atoms with van der Waals surface area (Å²) in [6.07, 6.45) is -6.38. The summed E-state index contributed by atoms with van der Waals surface area (Å²) < 4.78 is 35.9. The lowest BCUT2D eigenvalue weighted by atomic mass is 10.1. The quantitative estimate of drug-likeness (QED) is 0.895. The highest BCUT2D eigenvalue weighted by Crippen LogP contribution is 2.27. The molecule has 0 aliphatic heterocycles. The fourth-order valence-corrected chi connectivity index (χ4v) is 1.42. The summed E-state index contributed by atoms with van der Waals surface area (Å²) in [4.78, 5) is 21.9. The first-order chi connectivity index (χ1) is 8.20. The van der Waals surface area contributed by atoms with Gasteiger partial charge in [-0.25, -0.2) is 4.79 Å². The lowest BCUT2D eigenvalue weighted by molar-refractivity contribution is -0.150. The highest BCUT2D eigenvalue weighted by Gasteiger charge is 2.31. The molecule has 1 amide bonds. The first-order valence-corrected chi connectivity index (χ1v) is 4.97. The molecule has 2 N–H and O–H groups in total. The Balaban J connectivity index is 2.97. The van der Waals surface area contributed by atoms with Gasteiger partial charge in [0, 0.05) is 0 Å². The molecular weight excluding hydrogens is 275 g/mol. The molecule has 98 valence electrons. The van der Waals surface area contributed by atoms with Crippen LogP contribution in [-0.4, -0.2) is 23.2 Å². The van der Waals surface area contributed by atoms with Gasteiger partial charge in [-0.3, -0.25) is 4.79 Å². The van der Waals surface area contributed by atoms with Gasteiger partial charge in [0.15, 0.2) is 0 Å². The second kappa shape index (κ2) is 5.26. The second-order valence-corrected chi connectivity index (χ2v) is 3.71. The summed E-state index contributed by atoms with van der Waals surface area (Å²) >= 11 is 5.63. The van der Waals surface area contributed by atoms with Gasteiger partial charge in [-0.05, 0) is 12.1 Å². The molecule has 0 heterocycles. The Morgan fingerprint density at radius 1 is 1.33 bits per heavy atom. The Hall–Kier alpha value is -1.76. The summed E-state index contributed by atoms with van der Waals surface area (Å²) in [6.45, 7) is 0. The van der Waals surface area contributed by atoms with E-state index >= 15 is 0 Å². The zero-order valence-corrected chi connectivity index (χ0v) is 9.47. The summed E-state index contributed by atoms with van der Waals surface area (Å²) in [7, 11) is 0. The van der Waals surface area contributed by atoms with Crippen LogP contribution in [0.1, 0.15) is 16.8 Å². The molecule has 0 fully saturated rings. The Bertz CT molecular complexity index is 488. The molecular formula is C10H7ClF3NO3. The number of carboxylic acids is 1. The van der Waals surface area contributed by atoms with Gasteiger partial charge in [0.1, 0.15) is 6.42 Å². The maximum absolute atomic E-state index is 12.0. The number of amides is 1. The molecule has 0 saturated carbocycles. The van der Waals surface area contributed by atoms with Crippen molar-refractivity contribution < 1.29 is 27.9 Å². The van der Waals surface area contributed by atoms with Crippen LogP contribution in [-0.2, 0) is 4.79 Å². The van der Waals surface area contributed by atoms with Crippen LogP contribution in [0.15, 0.2) is 18.2 Å². The molecule has 0 spiro atoms. The summed E-state index contributed by atoms with van der Waals surface area (Å²) in [5.74, 6) is -2.78. The number of hydrogen-bond donors (Lipinski definition) is 2. The predicted molar refractivity (Wildman–Crippen MR) is 57.7 cm³/mol. The van der Waals surface area contributed by atoms with Crippen LogP contribution in [0.2, 0.25) is 5.02 Å². The Kier molecular flexibility index (Phi) is 4.18. The number of aromatic carboxylic acids is 1. The molecule has 0 aromatic heterocycles. The average Bonchev–Trinajstić information content (AvgIpc) is 2.17. The van der Waals surface area contributed by atoms with Gasteiger partial charge in [-0.15, -0.1) is 0 Å². The van der Waals surface area contributed by atoms with E-state index in [1.165, 1.54) is 12.1 Å². The van der Waals surface area contributed by atoms with Crippen molar-refractivity contribution in [2.45, 2.75) is 12.6 Å². The van der Waals surface area contributed by atoms with E-state index in [2.05, 4.69) is 0 Å². The maximum Gasteiger partial charge on any atom is 0.397 e. The van der Waals surface area contributed by atoms with Gasteiger partial charge in [0.2, 0.25) is 5.91 Å². The highest BCUT2D eigenvalue weighted by molar-refractivity contribution is 6.34. The number of alkyl halides is 3. The molecule has 0 bridgehead atoms. The summed E-state index contributed by atoms with van der Waals surface area (Å²) in [6, 6.07) is 3.69. The summed E-state index contributed by atoms with van der Waals surface area (Å²) in [5, 5.41) is 10.5. The number of benzene rings is 1. The van der Waals surface area contributed by atoms with Gasteiger partial charge in [0.05, 0.1) is 16.3 Å². The number of carbonyl (C=O) groups is 2. The number of para-hydroxylation sites is 1. The number of carbonyl (C=O) groups excluding carboxylic acids is 1. The van der Waals surface area contributed by atoms with E-state index in [1.807, 2.05) is 5.32 Å². The smallest absolute Gasteiger partial charge is 0.397 e. The van der Waals surface area contributed by atoms with E-state index in [0.29, 0.717) is 0 Å². The number of anilines is 1. The molecule has 0 unspecified atom stereocenters. The van der Waals surface area contributed by atoms with Gasteiger partial charge in [0.25, 0.3) is 0 Å². The molecule has 1 rings (SSSR count). The zero-order valence-electron chi connectivity index (χ0n) is 8.71. The number of nitrogens with one attached hydrogen (secondary N) is 1. The number of rotatable bonds is 3. The topological polar surface area (TPSA) is 66.4 Å². The monoisotopic (exact) mass is 281 g/mol. The van der Waals surface area contributed by atoms with E-state index in [-0.39, 0.29) is 16.3 Å². The molecule has 0 aliphatic carbocycles. The van der Waals surface area contributed by atoms with Crippen molar-refractivity contribution in [3.05, 3.63) is 28.8 Å². The predicted octanol–water partition coefficient (Wildman–Crippen LogP) is 2.93. The van der Waals surface area contributed by atoms with Crippen molar-refractivity contribution in [1.82, 2.24) is 0 Å². The number of halogens is 4. The third-order valence-corrected chi connectivity index (χ3v) is 2.18. The fourth-order valence-electron chi connectivity index (χ4n) is 1.20. The van der Waals surface area contributed by atoms with Crippen LogP contribution in [0.5, 0.6) is 0 Å². The van der Waals surface area contributed by atoms with E-state index in [9.17, 15) is 22.8 Å². The second-order valence-electron chi connectivity index (χ2n) is 3.31. The third kappa shape index (κ3) is 3.92. The lowest BCUT2D eigenvalue weighted by Gasteiger charge is -2.11. The van der Waals surface area contributed by atoms with Crippen molar-refractivity contribution >= 4 is 29.2 Å². The third-order valence-electron chi connectivity index (χ3n) is 1.87. The Morgan fingerprint density at radius 2 is 1.94 bits per heavy atom. The SMILES string of the molecule is O=C(CC(F)(F)F)Nc1c(Cl)cccc1C(=O)O. The van der Waals surface area contributed by atoms with Crippen molar-refractivity contribution in [3.63, 3.8) is 0 Å². The Morgan fingerprint density at radius 3 is 2.44 bits per heavy atom. The maximum atomic E-state index is 12.0.